The lowest BCUT2D eigenvalue weighted by molar-refractivity contribution is 0.157. The second-order valence-corrected chi connectivity index (χ2v) is 4.08. The number of allylic oxidation sites excluding steroid dienone is 2. The van der Waals surface area contributed by atoms with Gasteiger partial charge in [0.2, 0.25) is 0 Å². The van der Waals surface area contributed by atoms with Crippen molar-refractivity contribution in [2.24, 2.45) is 10.9 Å². The van der Waals surface area contributed by atoms with Gasteiger partial charge in [0.15, 0.2) is 0 Å². The van der Waals surface area contributed by atoms with Crippen molar-refractivity contribution in [3.8, 4) is 0 Å². The van der Waals surface area contributed by atoms with Gasteiger partial charge in [-0.1, -0.05) is 25.2 Å². The molecule has 14 heavy (non-hydrogen) atoms. The number of hydrogen-bond acceptors (Lipinski definition) is 2. The van der Waals surface area contributed by atoms with Gasteiger partial charge in [0, 0.05) is 25.7 Å². The van der Waals surface area contributed by atoms with Crippen LogP contribution in [0.25, 0.3) is 0 Å². The van der Waals surface area contributed by atoms with E-state index >= 15 is 0 Å². The molecule has 0 saturated carbocycles. The molecule has 0 bridgehead atoms. The predicted octanol–water partition coefficient (Wildman–Crippen LogP) is 2.84. The molecule has 0 N–H and O–H groups in total. The smallest absolute Gasteiger partial charge is 0.120 e. The van der Waals surface area contributed by atoms with Gasteiger partial charge < -0.3 is 4.90 Å². The zero-order valence-corrected chi connectivity index (χ0v) is 9.45. The molecule has 0 radical (unpaired) electrons. The Hall–Kier alpha value is -1.05. The zero-order chi connectivity index (χ0) is 10.6. The minimum atomic E-state index is 0.805. The minimum absolute atomic E-state index is 0.805. The Morgan fingerprint density at radius 2 is 2.21 bits per heavy atom. The van der Waals surface area contributed by atoms with Crippen molar-refractivity contribution in [1.82, 2.24) is 4.90 Å². The van der Waals surface area contributed by atoms with Gasteiger partial charge in [-0.15, -0.1) is 0 Å². The average Bonchev–Trinajstić information content (AvgIpc) is 2.12. The molecule has 0 aromatic carbocycles. The third-order valence-electron chi connectivity index (χ3n) is 2.58. The van der Waals surface area contributed by atoms with Gasteiger partial charge in [0.1, 0.15) is 5.82 Å². The second-order valence-electron chi connectivity index (χ2n) is 4.08. The number of likely N-dealkylation sites (tertiary alicyclic amines) is 1. The molecule has 1 saturated heterocycles. The van der Waals surface area contributed by atoms with Crippen LogP contribution in [0, 0.1) is 5.92 Å². The van der Waals surface area contributed by atoms with Crippen LogP contribution in [0.4, 0.5) is 0 Å². The Balaban J connectivity index is 2.27. The molecule has 0 unspecified atom stereocenters. The van der Waals surface area contributed by atoms with E-state index in [2.05, 4.69) is 43.3 Å². The van der Waals surface area contributed by atoms with Crippen LogP contribution in [0.1, 0.15) is 27.2 Å². The molecule has 0 aromatic heterocycles. The van der Waals surface area contributed by atoms with Crippen molar-refractivity contribution in [1.29, 1.82) is 0 Å². The van der Waals surface area contributed by atoms with Crippen molar-refractivity contribution in [2.75, 3.05) is 13.1 Å². The normalized spacial score (nSPS) is 18.8. The van der Waals surface area contributed by atoms with Gasteiger partial charge in [0.05, 0.1) is 0 Å². The molecule has 1 aliphatic rings. The lowest BCUT2D eigenvalue weighted by atomic mass is 10.0. The molecule has 2 heteroatoms. The molecular weight excluding hydrogens is 172 g/mol. The summed E-state index contributed by atoms with van der Waals surface area (Å²) >= 11 is 0. The summed E-state index contributed by atoms with van der Waals surface area (Å²) in [6, 6.07) is 0. The Bertz CT molecular complexity index is 257. The summed E-state index contributed by atoms with van der Waals surface area (Å²) in [6.07, 6.45) is 4.99. The summed E-state index contributed by atoms with van der Waals surface area (Å²) in [4.78, 5) is 6.55. The Kier molecular flexibility index (Phi) is 3.93. The van der Waals surface area contributed by atoms with E-state index in [1.54, 1.807) is 0 Å². The third-order valence-corrected chi connectivity index (χ3v) is 2.58. The van der Waals surface area contributed by atoms with Gasteiger partial charge in [-0.2, -0.15) is 0 Å². The van der Waals surface area contributed by atoms with E-state index in [0.29, 0.717) is 0 Å². The Morgan fingerprint density at radius 1 is 1.57 bits per heavy atom. The lowest BCUT2D eigenvalue weighted by Crippen LogP contribution is -2.43. The maximum absolute atomic E-state index is 4.33. The van der Waals surface area contributed by atoms with Crippen LogP contribution in [-0.2, 0) is 0 Å². The fourth-order valence-electron chi connectivity index (χ4n) is 1.40. The summed E-state index contributed by atoms with van der Waals surface area (Å²) in [5.74, 6) is 1.71. The summed E-state index contributed by atoms with van der Waals surface area (Å²) in [5, 5.41) is 0. The second kappa shape index (κ2) is 4.99. The average molecular weight is 192 g/mol. The van der Waals surface area contributed by atoms with Crippen LogP contribution in [0.15, 0.2) is 29.0 Å². The van der Waals surface area contributed by atoms with E-state index in [1.807, 2.05) is 6.21 Å². The number of hydrogen-bond donors (Lipinski definition) is 0. The Morgan fingerprint density at radius 3 is 2.71 bits per heavy atom. The quantitative estimate of drug-likeness (QED) is 0.494. The van der Waals surface area contributed by atoms with Gasteiger partial charge in [0.25, 0.3) is 0 Å². The van der Waals surface area contributed by atoms with Crippen LogP contribution in [0.2, 0.25) is 0 Å². The fraction of sp³-hybridized carbons (Fsp3) is 0.583. The van der Waals surface area contributed by atoms with Crippen LogP contribution >= 0.6 is 0 Å². The first kappa shape index (κ1) is 11.0. The van der Waals surface area contributed by atoms with Gasteiger partial charge in [-0.05, 0) is 19.8 Å². The molecule has 0 amide bonds. The molecule has 2 nitrogen and oxygen atoms in total. The molecule has 0 spiro atoms. The molecule has 0 aromatic rings. The number of nitrogens with zero attached hydrogens (tertiary/aromatic N) is 2. The first-order chi connectivity index (χ1) is 6.63. The van der Waals surface area contributed by atoms with E-state index in [-0.39, 0.29) is 0 Å². The molecule has 78 valence electrons. The number of rotatable bonds is 4. The lowest BCUT2D eigenvalue weighted by Gasteiger charge is -2.38. The van der Waals surface area contributed by atoms with E-state index in [0.717, 1.165) is 31.2 Å². The van der Waals surface area contributed by atoms with Gasteiger partial charge >= 0.3 is 0 Å². The first-order valence-corrected chi connectivity index (χ1v) is 5.21. The standard InChI is InChI=1S/C12H20N2/c1-5-10(2)6-7-13-12(4)14-8-11(3)9-14/h5,7,11H,4,6,8-9H2,1-3H3/b10-5-,13-7-. The van der Waals surface area contributed by atoms with Crippen LogP contribution < -0.4 is 0 Å². The van der Waals surface area contributed by atoms with Crippen LogP contribution in [-0.4, -0.2) is 24.2 Å². The molecule has 1 aliphatic heterocycles. The van der Waals surface area contributed by atoms with E-state index in [1.165, 1.54) is 5.57 Å². The molecular formula is C12H20N2. The van der Waals surface area contributed by atoms with Crippen molar-refractivity contribution in [3.05, 3.63) is 24.0 Å². The van der Waals surface area contributed by atoms with Gasteiger partial charge in [-0.25, -0.2) is 4.99 Å². The topological polar surface area (TPSA) is 15.6 Å². The number of aliphatic imine (C=N–C) groups is 1. The van der Waals surface area contributed by atoms with E-state index in [9.17, 15) is 0 Å². The van der Waals surface area contributed by atoms with E-state index < -0.39 is 0 Å². The summed E-state index contributed by atoms with van der Waals surface area (Å²) < 4.78 is 0. The fourth-order valence-corrected chi connectivity index (χ4v) is 1.40. The zero-order valence-electron chi connectivity index (χ0n) is 9.45. The highest BCUT2D eigenvalue weighted by Gasteiger charge is 2.22. The minimum Gasteiger partial charge on any atom is -0.356 e. The van der Waals surface area contributed by atoms with Crippen LogP contribution in [0.5, 0.6) is 0 Å². The van der Waals surface area contributed by atoms with Crippen molar-refractivity contribution < 1.29 is 0 Å². The molecule has 0 aliphatic carbocycles. The predicted molar refractivity (Wildman–Crippen MR) is 62.4 cm³/mol. The molecule has 0 atom stereocenters. The maximum Gasteiger partial charge on any atom is 0.120 e. The first-order valence-electron chi connectivity index (χ1n) is 5.21. The summed E-state index contributed by atoms with van der Waals surface area (Å²) in [6.45, 7) is 12.6. The molecule has 1 rings (SSSR count). The van der Waals surface area contributed by atoms with Crippen molar-refractivity contribution in [3.63, 3.8) is 0 Å². The third kappa shape index (κ3) is 3.02. The van der Waals surface area contributed by atoms with Crippen LogP contribution in [0.3, 0.4) is 0 Å². The summed E-state index contributed by atoms with van der Waals surface area (Å²) in [5.41, 5.74) is 1.35. The van der Waals surface area contributed by atoms with Crippen molar-refractivity contribution in [2.45, 2.75) is 27.2 Å². The maximum atomic E-state index is 4.33. The van der Waals surface area contributed by atoms with Crippen molar-refractivity contribution >= 4 is 6.21 Å². The largest absolute Gasteiger partial charge is 0.356 e. The van der Waals surface area contributed by atoms with Gasteiger partial charge in [-0.3, -0.25) is 0 Å². The Labute approximate surface area is 87.0 Å². The monoisotopic (exact) mass is 192 g/mol. The molecule has 1 fully saturated rings. The SMILES string of the molecule is C=C(/N=C\C/C(C)=C\C)N1CC(C)C1. The highest BCUT2D eigenvalue weighted by atomic mass is 15.3. The summed E-state index contributed by atoms with van der Waals surface area (Å²) in [7, 11) is 0. The molecule has 1 heterocycles. The highest BCUT2D eigenvalue weighted by molar-refractivity contribution is 5.62. The highest BCUT2D eigenvalue weighted by Crippen LogP contribution is 2.19. The van der Waals surface area contributed by atoms with E-state index in [4.69, 9.17) is 0 Å².